The van der Waals surface area contributed by atoms with E-state index in [0.717, 1.165) is 0 Å². The number of carbonyl (C=O) groups excluding carboxylic acids is 1. The second-order valence-corrected chi connectivity index (χ2v) is 10.6. The normalized spacial score (nSPS) is 22.0. The topological polar surface area (TPSA) is 136 Å². The van der Waals surface area contributed by atoms with Gasteiger partial charge in [-0.25, -0.2) is 13.4 Å². The zero-order valence-electron chi connectivity index (χ0n) is 19.5. The van der Waals surface area contributed by atoms with E-state index in [-0.39, 0.29) is 42.7 Å². The summed E-state index contributed by atoms with van der Waals surface area (Å²) in [6, 6.07) is -0.363. The molecular formula is C20H33N7O5S. The molecule has 3 atom stereocenters. The Hall–Kier alpha value is -2.35. The summed E-state index contributed by atoms with van der Waals surface area (Å²) in [6.45, 7) is 4.63. The average Bonchev–Trinajstić information content (AvgIpc) is 3.42. The number of rotatable bonds is 6. The van der Waals surface area contributed by atoms with Crippen LogP contribution in [0.25, 0.3) is 0 Å². The van der Waals surface area contributed by atoms with Crippen molar-refractivity contribution < 1.29 is 23.1 Å². The third kappa shape index (κ3) is 6.16. The molecule has 1 aliphatic rings. The molecule has 1 amide bonds. The zero-order chi connectivity index (χ0) is 24.2. The number of hydrogen-bond acceptors (Lipinski definition) is 8. The first-order chi connectivity index (χ1) is 15.6. The first kappa shape index (κ1) is 25.3. The van der Waals surface area contributed by atoms with Crippen molar-refractivity contribution in [3.05, 3.63) is 24.4 Å². The lowest BCUT2D eigenvalue weighted by Gasteiger charge is -2.34. The number of fused-ring (bicyclic) bond motifs is 2. The summed E-state index contributed by atoms with van der Waals surface area (Å²) in [5.74, 6) is -0.295. The molecule has 2 aromatic rings. The van der Waals surface area contributed by atoms with E-state index in [0.29, 0.717) is 31.6 Å². The molecule has 0 fully saturated rings. The summed E-state index contributed by atoms with van der Waals surface area (Å²) in [5, 5.41) is 17.8. The van der Waals surface area contributed by atoms with Gasteiger partial charge >= 0.3 is 0 Å². The Bertz CT molecular complexity index is 1040. The molecule has 12 nitrogen and oxygen atoms in total. The fourth-order valence-electron chi connectivity index (χ4n) is 3.73. The van der Waals surface area contributed by atoms with Crippen molar-refractivity contribution in [1.82, 2.24) is 33.8 Å². The lowest BCUT2D eigenvalue weighted by molar-refractivity contribution is -0.136. The standard InChI is InChI=1S/C20H33N7O5S/c1-15-8-27(16(2)12-28)20(29)6-5-7-26-9-17(22-23-26)13-32-18(15)10-25(4)33(30,31)19-11-24(3)14-21-19/h9,11,14-16,18,28H,5-8,10,12-13H2,1-4H3/t15-,16-,18+/m0/s1. The molecule has 33 heavy (non-hydrogen) atoms. The van der Waals surface area contributed by atoms with E-state index in [9.17, 15) is 18.3 Å². The second-order valence-electron chi connectivity index (χ2n) is 8.64. The number of nitrogens with zero attached hydrogens (tertiary/aromatic N) is 7. The van der Waals surface area contributed by atoms with Gasteiger partial charge in [0.15, 0.2) is 5.03 Å². The molecule has 3 rings (SSSR count). The number of imidazole rings is 1. The van der Waals surface area contributed by atoms with Gasteiger partial charge in [-0.1, -0.05) is 12.1 Å². The van der Waals surface area contributed by atoms with Crippen LogP contribution in [0.4, 0.5) is 0 Å². The molecule has 1 aliphatic heterocycles. The van der Waals surface area contributed by atoms with Crippen LogP contribution in [-0.2, 0) is 39.8 Å². The molecule has 0 aromatic carbocycles. The summed E-state index contributed by atoms with van der Waals surface area (Å²) >= 11 is 0. The molecule has 0 aliphatic carbocycles. The summed E-state index contributed by atoms with van der Waals surface area (Å²) in [6.07, 6.45) is 5.02. The predicted molar refractivity (Wildman–Crippen MR) is 118 cm³/mol. The molecule has 184 valence electrons. The van der Waals surface area contributed by atoms with Crippen LogP contribution in [0, 0.1) is 5.92 Å². The minimum absolute atomic E-state index is 0.0431. The Morgan fingerprint density at radius 1 is 1.36 bits per heavy atom. The molecule has 0 spiro atoms. The molecule has 0 saturated heterocycles. The van der Waals surface area contributed by atoms with E-state index in [1.165, 1.54) is 23.9 Å². The number of aliphatic hydroxyl groups is 1. The van der Waals surface area contributed by atoms with Crippen LogP contribution >= 0.6 is 0 Å². The summed E-state index contributed by atoms with van der Waals surface area (Å²) in [5.41, 5.74) is 0.633. The highest BCUT2D eigenvalue weighted by Crippen LogP contribution is 2.20. The Kier molecular flexibility index (Phi) is 8.21. The Balaban J connectivity index is 1.85. The number of amides is 1. The fraction of sp³-hybridized carbons (Fsp3) is 0.700. The van der Waals surface area contributed by atoms with Crippen molar-refractivity contribution in [1.29, 1.82) is 0 Å². The maximum atomic E-state index is 13.0. The van der Waals surface area contributed by atoms with Crippen LogP contribution in [-0.4, -0.2) is 92.1 Å². The van der Waals surface area contributed by atoms with Crippen molar-refractivity contribution >= 4 is 15.9 Å². The van der Waals surface area contributed by atoms with Gasteiger partial charge in [0.05, 0.1) is 37.9 Å². The van der Waals surface area contributed by atoms with Gasteiger partial charge < -0.3 is 19.3 Å². The number of likely N-dealkylation sites (N-methyl/N-ethyl adjacent to an activating group) is 1. The van der Waals surface area contributed by atoms with Crippen LogP contribution in [0.2, 0.25) is 0 Å². The predicted octanol–water partition coefficient (Wildman–Crippen LogP) is -0.143. The van der Waals surface area contributed by atoms with Gasteiger partial charge in [0.25, 0.3) is 10.0 Å². The van der Waals surface area contributed by atoms with Gasteiger partial charge in [-0.3, -0.25) is 9.48 Å². The molecule has 2 aromatic heterocycles. The third-order valence-electron chi connectivity index (χ3n) is 5.84. The number of sulfonamides is 1. The molecule has 2 bridgehead atoms. The van der Waals surface area contributed by atoms with Crippen LogP contribution < -0.4 is 0 Å². The lowest BCUT2D eigenvalue weighted by atomic mass is 10.0. The van der Waals surface area contributed by atoms with Crippen LogP contribution in [0.5, 0.6) is 0 Å². The Morgan fingerprint density at radius 3 is 2.79 bits per heavy atom. The van der Waals surface area contributed by atoms with E-state index in [1.807, 2.05) is 6.92 Å². The number of aromatic nitrogens is 5. The van der Waals surface area contributed by atoms with E-state index < -0.39 is 16.1 Å². The summed E-state index contributed by atoms with van der Waals surface area (Å²) < 4.78 is 36.6. The molecule has 3 heterocycles. The minimum Gasteiger partial charge on any atom is -0.394 e. The maximum Gasteiger partial charge on any atom is 0.261 e. The molecule has 1 N–H and O–H groups in total. The highest BCUT2D eigenvalue weighted by Gasteiger charge is 2.31. The number of carbonyl (C=O) groups is 1. The van der Waals surface area contributed by atoms with Crippen molar-refractivity contribution in [3.63, 3.8) is 0 Å². The van der Waals surface area contributed by atoms with Crippen LogP contribution in [0.1, 0.15) is 32.4 Å². The number of aliphatic hydroxyl groups excluding tert-OH is 1. The Labute approximate surface area is 194 Å². The quantitative estimate of drug-likeness (QED) is 0.600. The van der Waals surface area contributed by atoms with E-state index in [4.69, 9.17) is 4.74 Å². The van der Waals surface area contributed by atoms with Gasteiger partial charge in [-0.15, -0.1) is 5.10 Å². The number of aryl methyl sites for hydroxylation is 2. The summed E-state index contributed by atoms with van der Waals surface area (Å²) in [7, 11) is -0.632. The Morgan fingerprint density at radius 2 is 2.12 bits per heavy atom. The number of hydrogen-bond donors (Lipinski definition) is 1. The van der Waals surface area contributed by atoms with Crippen molar-refractivity contribution in [2.24, 2.45) is 13.0 Å². The van der Waals surface area contributed by atoms with Gasteiger partial charge in [0.2, 0.25) is 5.91 Å². The maximum absolute atomic E-state index is 13.0. The molecular weight excluding hydrogens is 450 g/mol. The molecule has 0 unspecified atom stereocenters. The van der Waals surface area contributed by atoms with E-state index in [2.05, 4.69) is 15.3 Å². The van der Waals surface area contributed by atoms with Crippen molar-refractivity contribution in [3.8, 4) is 0 Å². The largest absolute Gasteiger partial charge is 0.394 e. The third-order valence-corrected chi connectivity index (χ3v) is 7.55. The summed E-state index contributed by atoms with van der Waals surface area (Å²) in [4.78, 5) is 18.5. The lowest BCUT2D eigenvalue weighted by Crippen LogP contribution is -2.47. The zero-order valence-corrected chi connectivity index (χ0v) is 20.3. The van der Waals surface area contributed by atoms with E-state index in [1.54, 1.807) is 34.3 Å². The second kappa shape index (κ2) is 10.7. The smallest absolute Gasteiger partial charge is 0.261 e. The first-order valence-electron chi connectivity index (χ1n) is 11.0. The van der Waals surface area contributed by atoms with Crippen LogP contribution in [0.3, 0.4) is 0 Å². The number of ether oxygens (including phenoxy) is 1. The molecule has 0 radical (unpaired) electrons. The fourth-order valence-corrected chi connectivity index (χ4v) is 4.87. The van der Waals surface area contributed by atoms with E-state index >= 15 is 0 Å². The highest BCUT2D eigenvalue weighted by molar-refractivity contribution is 7.89. The van der Waals surface area contributed by atoms with Crippen molar-refractivity contribution in [2.75, 3.05) is 26.7 Å². The van der Waals surface area contributed by atoms with Crippen molar-refractivity contribution in [2.45, 2.75) is 57.0 Å². The first-order valence-corrected chi connectivity index (χ1v) is 12.4. The van der Waals surface area contributed by atoms with Gasteiger partial charge in [0.1, 0.15) is 5.69 Å². The SMILES string of the molecule is C[C@H]1CN([C@@H](C)CO)C(=O)CCCn2cc(nn2)CO[C@@H]1CN(C)S(=O)(=O)c1cn(C)cn1. The van der Waals surface area contributed by atoms with Gasteiger partial charge in [-0.05, 0) is 13.3 Å². The molecule has 0 saturated carbocycles. The average molecular weight is 484 g/mol. The van der Waals surface area contributed by atoms with Gasteiger partial charge in [0, 0.05) is 52.3 Å². The minimum atomic E-state index is -3.82. The monoisotopic (exact) mass is 483 g/mol. The highest BCUT2D eigenvalue weighted by atomic mass is 32.2. The van der Waals surface area contributed by atoms with Crippen LogP contribution in [0.15, 0.2) is 23.7 Å². The van der Waals surface area contributed by atoms with Gasteiger partial charge in [-0.2, -0.15) is 4.31 Å². The molecule has 13 heteroatoms.